The van der Waals surface area contributed by atoms with Gasteiger partial charge in [0.05, 0.1) is 53.8 Å². The van der Waals surface area contributed by atoms with Crippen molar-refractivity contribution in [3.63, 3.8) is 0 Å². The number of hydrogen-bond donors (Lipinski definition) is 3. The number of methoxy groups -OCH3 is 1. The van der Waals surface area contributed by atoms with E-state index >= 15 is 0 Å². The maximum Gasteiger partial charge on any atom is 0.264 e. The molecule has 5 aromatic rings. The second kappa shape index (κ2) is 14.6. The molecule has 276 valence electrons. The monoisotopic (exact) mass is 736 g/mol. The molecule has 53 heavy (non-hydrogen) atoms. The SMILES string of the molecule is COc1ccc2c(c1)C=C(c1c(C(=O)NC[C@@H](C)O)cnn1-c1ccncc1)Cn1c-2c(C2CCCCC2)c2ccc(C(=O)NS(=O)(=O)C(C)C)cc21. The first-order valence-corrected chi connectivity index (χ1v) is 19.6. The Morgan fingerprint density at radius 2 is 1.74 bits per heavy atom. The number of rotatable bonds is 10. The van der Waals surface area contributed by atoms with Crippen LogP contribution in [0.4, 0.5) is 0 Å². The number of aliphatic hydroxyl groups excluding tert-OH is 1. The molecule has 2 aromatic carbocycles. The molecular weight excluding hydrogens is 693 g/mol. The maximum atomic E-state index is 13.8. The van der Waals surface area contributed by atoms with Gasteiger partial charge >= 0.3 is 0 Å². The number of carbonyl (C=O) groups is 2. The Balaban J connectivity index is 1.50. The summed E-state index contributed by atoms with van der Waals surface area (Å²) < 4.78 is 37.3. The van der Waals surface area contributed by atoms with Crippen LogP contribution in [0.25, 0.3) is 39.5 Å². The summed E-state index contributed by atoms with van der Waals surface area (Å²) in [6.45, 7) is 5.01. The van der Waals surface area contributed by atoms with Gasteiger partial charge in [0.15, 0.2) is 0 Å². The minimum absolute atomic E-state index is 0.0618. The van der Waals surface area contributed by atoms with Gasteiger partial charge in [0.2, 0.25) is 10.0 Å². The van der Waals surface area contributed by atoms with E-state index in [-0.39, 0.29) is 23.9 Å². The summed E-state index contributed by atoms with van der Waals surface area (Å²) >= 11 is 0. The van der Waals surface area contributed by atoms with Crippen molar-refractivity contribution in [1.29, 1.82) is 0 Å². The second-order valence-electron chi connectivity index (χ2n) is 14.1. The van der Waals surface area contributed by atoms with Crippen LogP contribution in [0.1, 0.15) is 96.3 Å². The second-order valence-corrected chi connectivity index (χ2v) is 16.4. The summed E-state index contributed by atoms with van der Waals surface area (Å²) in [5.74, 6) is -0.143. The molecule has 0 bridgehead atoms. The topological polar surface area (TPSA) is 157 Å². The first-order valence-electron chi connectivity index (χ1n) is 18.0. The molecule has 0 saturated heterocycles. The number of benzene rings is 2. The molecule has 0 unspecified atom stereocenters. The lowest BCUT2D eigenvalue weighted by atomic mass is 9.81. The first kappa shape index (κ1) is 36.1. The van der Waals surface area contributed by atoms with Gasteiger partial charge < -0.3 is 19.7 Å². The summed E-state index contributed by atoms with van der Waals surface area (Å²) in [5.41, 5.74) is 7.41. The van der Waals surface area contributed by atoms with Crippen molar-refractivity contribution in [3.8, 4) is 22.7 Å². The van der Waals surface area contributed by atoms with Crippen molar-refractivity contribution in [2.24, 2.45) is 0 Å². The lowest BCUT2D eigenvalue weighted by molar-refractivity contribution is 0.0922. The minimum atomic E-state index is -3.87. The Hall–Kier alpha value is -5.27. The number of sulfonamides is 1. The molecule has 3 N–H and O–H groups in total. The summed E-state index contributed by atoms with van der Waals surface area (Å²) in [5, 5.41) is 17.7. The number of fused-ring (bicyclic) bond motifs is 5. The number of aliphatic hydroxyl groups is 1. The van der Waals surface area contributed by atoms with Crippen LogP contribution >= 0.6 is 0 Å². The molecule has 0 radical (unpaired) electrons. The van der Waals surface area contributed by atoms with Crippen LogP contribution in [0.3, 0.4) is 0 Å². The zero-order valence-electron chi connectivity index (χ0n) is 30.3. The fraction of sp³-hybridized carbons (Fsp3) is 0.350. The standard InChI is InChI=1S/C40H44N6O6S/c1-24(2)53(50,51)44-39(48)27-10-12-33-35(20-27)45-23-29(37-34(40(49)42-21-25(3)47)22-43-46(37)30-14-16-41-17-15-30)18-28-19-31(52-4)11-13-32(28)38(45)36(33)26-8-6-5-7-9-26/h10-20,22,24-26,47H,5-9,21,23H2,1-4H3,(H,42,49)(H,44,48)/t25-/m1/s1. The fourth-order valence-electron chi connectivity index (χ4n) is 7.47. The van der Waals surface area contributed by atoms with Crippen molar-refractivity contribution in [2.45, 2.75) is 76.7 Å². The van der Waals surface area contributed by atoms with Crippen LogP contribution in [0.15, 0.2) is 67.1 Å². The third-order valence-electron chi connectivity index (χ3n) is 10.2. The van der Waals surface area contributed by atoms with Crippen LogP contribution in [-0.4, -0.2) is 69.7 Å². The zero-order valence-corrected chi connectivity index (χ0v) is 31.1. The van der Waals surface area contributed by atoms with Gasteiger partial charge in [-0.15, -0.1) is 0 Å². The van der Waals surface area contributed by atoms with Gasteiger partial charge in [0, 0.05) is 41.0 Å². The quantitative estimate of drug-likeness (QED) is 0.156. The van der Waals surface area contributed by atoms with E-state index in [1.54, 1.807) is 43.2 Å². The van der Waals surface area contributed by atoms with E-state index < -0.39 is 27.3 Å². The molecule has 2 amide bonds. The van der Waals surface area contributed by atoms with Crippen molar-refractivity contribution in [2.75, 3.05) is 13.7 Å². The molecule has 1 fully saturated rings. The van der Waals surface area contributed by atoms with Crippen LogP contribution < -0.4 is 14.8 Å². The largest absolute Gasteiger partial charge is 0.497 e. The number of ether oxygens (including phenoxy) is 1. The molecule has 4 heterocycles. The van der Waals surface area contributed by atoms with E-state index in [4.69, 9.17) is 9.84 Å². The highest BCUT2D eigenvalue weighted by atomic mass is 32.2. The van der Waals surface area contributed by atoms with Crippen molar-refractivity contribution in [3.05, 3.63) is 95.1 Å². The molecule has 1 saturated carbocycles. The number of carbonyl (C=O) groups excluding carboxylic acids is 2. The smallest absolute Gasteiger partial charge is 0.264 e. The summed E-state index contributed by atoms with van der Waals surface area (Å²) in [6, 6.07) is 15.0. The predicted octanol–water partition coefficient (Wildman–Crippen LogP) is 6.08. The normalized spacial score (nSPS) is 15.3. The Kier molecular flexibility index (Phi) is 9.97. The predicted molar refractivity (Wildman–Crippen MR) is 205 cm³/mol. The third kappa shape index (κ3) is 6.98. The number of allylic oxidation sites excluding steroid dienone is 1. The van der Waals surface area contributed by atoms with Crippen LogP contribution in [0, 0.1) is 0 Å². The molecule has 3 aromatic heterocycles. The molecule has 2 aliphatic rings. The molecule has 0 spiro atoms. The number of hydrogen-bond acceptors (Lipinski definition) is 8. The Morgan fingerprint density at radius 3 is 2.43 bits per heavy atom. The Morgan fingerprint density at radius 1 is 0.981 bits per heavy atom. The van der Waals surface area contributed by atoms with E-state index in [9.17, 15) is 23.1 Å². The summed E-state index contributed by atoms with van der Waals surface area (Å²) in [7, 11) is -2.24. The molecule has 13 heteroatoms. The highest BCUT2D eigenvalue weighted by Crippen LogP contribution is 2.48. The van der Waals surface area contributed by atoms with E-state index in [2.05, 4.69) is 31.7 Å². The van der Waals surface area contributed by atoms with Gasteiger partial charge in [0.25, 0.3) is 11.8 Å². The number of pyridine rings is 1. The summed E-state index contributed by atoms with van der Waals surface area (Å²) in [4.78, 5) is 31.5. The van der Waals surface area contributed by atoms with Gasteiger partial charge in [-0.1, -0.05) is 25.3 Å². The molecule has 1 atom stereocenters. The lowest BCUT2D eigenvalue weighted by Gasteiger charge is -2.24. The van der Waals surface area contributed by atoms with Crippen LogP contribution in [-0.2, 0) is 16.6 Å². The van der Waals surface area contributed by atoms with Gasteiger partial charge in [-0.3, -0.25) is 14.6 Å². The van der Waals surface area contributed by atoms with Crippen LogP contribution in [0.2, 0.25) is 0 Å². The van der Waals surface area contributed by atoms with E-state index in [0.717, 1.165) is 59.0 Å². The summed E-state index contributed by atoms with van der Waals surface area (Å²) in [6.07, 6.45) is 11.6. The maximum absolute atomic E-state index is 13.8. The molecule has 12 nitrogen and oxygen atoms in total. The number of aromatic nitrogens is 4. The van der Waals surface area contributed by atoms with Crippen LogP contribution in [0.5, 0.6) is 5.75 Å². The Bertz CT molecular complexity index is 2340. The first-order chi connectivity index (χ1) is 25.5. The molecular formula is C40H44N6O6S. The van der Waals surface area contributed by atoms with Crippen molar-refractivity contribution < 1.29 is 27.9 Å². The van der Waals surface area contributed by atoms with E-state index in [0.29, 0.717) is 29.2 Å². The molecule has 7 rings (SSSR count). The van der Waals surface area contributed by atoms with Gasteiger partial charge in [0.1, 0.15) is 5.75 Å². The lowest BCUT2D eigenvalue weighted by Crippen LogP contribution is -2.35. The van der Waals surface area contributed by atoms with Gasteiger partial charge in [-0.25, -0.2) is 17.8 Å². The third-order valence-corrected chi connectivity index (χ3v) is 11.9. The minimum Gasteiger partial charge on any atom is -0.497 e. The number of nitrogens with zero attached hydrogens (tertiary/aromatic N) is 4. The average molecular weight is 737 g/mol. The fourth-order valence-corrected chi connectivity index (χ4v) is 8.08. The number of amides is 2. The highest BCUT2D eigenvalue weighted by Gasteiger charge is 2.32. The van der Waals surface area contributed by atoms with E-state index in [1.807, 2.05) is 30.3 Å². The van der Waals surface area contributed by atoms with Crippen molar-refractivity contribution in [1.82, 2.24) is 29.4 Å². The Labute approximate surface area is 308 Å². The average Bonchev–Trinajstić information content (AvgIpc) is 3.69. The zero-order chi connectivity index (χ0) is 37.4. The number of nitrogens with one attached hydrogen (secondary N) is 2. The van der Waals surface area contributed by atoms with Crippen molar-refractivity contribution >= 4 is 44.4 Å². The molecule has 1 aliphatic carbocycles. The molecule has 1 aliphatic heterocycles. The highest BCUT2D eigenvalue weighted by molar-refractivity contribution is 7.90. The van der Waals surface area contributed by atoms with E-state index in [1.165, 1.54) is 32.0 Å². The van der Waals surface area contributed by atoms with Gasteiger partial charge in [-0.2, -0.15) is 5.10 Å². The van der Waals surface area contributed by atoms with Gasteiger partial charge in [-0.05, 0) is 105 Å².